The van der Waals surface area contributed by atoms with Crippen LogP contribution in [0.4, 0.5) is 8.78 Å². The van der Waals surface area contributed by atoms with E-state index in [2.05, 4.69) is 15.9 Å². The fourth-order valence-corrected chi connectivity index (χ4v) is 1.85. The molecule has 0 radical (unpaired) electrons. The number of hydrogen-bond acceptors (Lipinski definition) is 1. The normalized spacial score (nSPS) is 10.8. The third-order valence-electron chi connectivity index (χ3n) is 2.38. The molecule has 0 aromatic heterocycles. The summed E-state index contributed by atoms with van der Waals surface area (Å²) in [6.45, 7) is 1.89. The summed E-state index contributed by atoms with van der Waals surface area (Å²) in [5, 5.41) is 0.490. The van der Waals surface area contributed by atoms with E-state index in [0.717, 1.165) is 5.56 Å². The van der Waals surface area contributed by atoms with Crippen molar-refractivity contribution in [1.82, 2.24) is 0 Å². The first-order valence-electron chi connectivity index (χ1n) is 5.10. The minimum atomic E-state index is -2.60. The maximum absolute atomic E-state index is 12.8. The van der Waals surface area contributed by atoms with Crippen molar-refractivity contribution in [2.45, 2.75) is 26.2 Å². The summed E-state index contributed by atoms with van der Waals surface area (Å²) in [5.74, 6) is -0.241. The van der Waals surface area contributed by atoms with Gasteiger partial charge in [-0.15, -0.1) is 0 Å². The zero-order chi connectivity index (χ0) is 12.1. The van der Waals surface area contributed by atoms with E-state index < -0.39 is 6.43 Å². The molecule has 0 aliphatic carbocycles. The molecule has 16 heavy (non-hydrogen) atoms. The van der Waals surface area contributed by atoms with Gasteiger partial charge in [-0.2, -0.15) is 0 Å². The standard InChI is InChI=1S/C12H13BrF2O/c1-2-8-3-4-9(11(16)5-6-13)10(7-8)12(14)15/h3-4,7,12H,2,5-6H2,1H3. The molecule has 88 valence electrons. The van der Waals surface area contributed by atoms with Crippen LogP contribution in [0.3, 0.4) is 0 Å². The fraction of sp³-hybridized carbons (Fsp3) is 0.417. The molecule has 1 rings (SSSR count). The average molecular weight is 291 g/mol. The molecule has 0 unspecified atom stereocenters. The van der Waals surface area contributed by atoms with Crippen LogP contribution in [0.1, 0.15) is 41.3 Å². The summed E-state index contributed by atoms with van der Waals surface area (Å²) in [4.78, 5) is 11.6. The molecule has 1 aromatic carbocycles. The minimum Gasteiger partial charge on any atom is -0.294 e. The summed E-state index contributed by atoms with van der Waals surface area (Å²) in [7, 11) is 0. The molecule has 0 N–H and O–H groups in total. The van der Waals surface area contributed by atoms with E-state index in [9.17, 15) is 13.6 Å². The van der Waals surface area contributed by atoms with Gasteiger partial charge in [-0.05, 0) is 18.1 Å². The summed E-state index contributed by atoms with van der Waals surface area (Å²) in [5.41, 5.74) is 0.822. The van der Waals surface area contributed by atoms with Gasteiger partial charge in [-0.3, -0.25) is 4.79 Å². The third kappa shape index (κ3) is 3.11. The Morgan fingerprint density at radius 1 is 1.44 bits per heavy atom. The topological polar surface area (TPSA) is 17.1 Å². The molecule has 0 fully saturated rings. The van der Waals surface area contributed by atoms with Gasteiger partial charge in [0.25, 0.3) is 6.43 Å². The highest BCUT2D eigenvalue weighted by molar-refractivity contribution is 9.09. The number of benzene rings is 1. The van der Waals surface area contributed by atoms with Crippen LogP contribution < -0.4 is 0 Å². The van der Waals surface area contributed by atoms with Crippen LogP contribution in [-0.2, 0) is 6.42 Å². The van der Waals surface area contributed by atoms with Gasteiger partial charge in [0.15, 0.2) is 5.78 Å². The van der Waals surface area contributed by atoms with Crippen molar-refractivity contribution in [2.24, 2.45) is 0 Å². The number of hydrogen-bond donors (Lipinski definition) is 0. The van der Waals surface area contributed by atoms with Crippen molar-refractivity contribution in [3.63, 3.8) is 0 Å². The first kappa shape index (κ1) is 13.3. The summed E-state index contributed by atoms with van der Waals surface area (Å²) >= 11 is 3.13. The molecule has 4 heteroatoms. The highest BCUT2D eigenvalue weighted by atomic mass is 79.9. The SMILES string of the molecule is CCc1ccc(C(=O)CCBr)c(C(F)F)c1. The second-order valence-corrected chi connectivity index (χ2v) is 4.23. The minimum absolute atomic E-state index is 0.145. The van der Waals surface area contributed by atoms with Crippen LogP contribution in [0, 0.1) is 0 Å². The largest absolute Gasteiger partial charge is 0.294 e. The smallest absolute Gasteiger partial charge is 0.264 e. The first-order chi connectivity index (χ1) is 7.60. The Morgan fingerprint density at radius 2 is 2.12 bits per heavy atom. The summed E-state index contributed by atoms with van der Waals surface area (Å²) in [6.07, 6.45) is -1.67. The Bertz CT molecular complexity index is 377. The van der Waals surface area contributed by atoms with Crippen LogP contribution in [0.5, 0.6) is 0 Å². The van der Waals surface area contributed by atoms with Gasteiger partial charge in [-0.25, -0.2) is 8.78 Å². The van der Waals surface area contributed by atoms with E-state index >= 15 is 0 Å². The fourth-order valence-electron chi connectivity index (χ4n) is 1.49. The lowest BCUT2D eigenvalue weighted by Gasteiger charge is -2.09. The molecule has 0 heterocycles. The molecule has 0 aliphatic rings. The van der Waals surface area contributed by atoms with Gasteiger partial charge in [-0.1, -0.05) is 35.0 Å². The predicted octanol–water partition coefficient (Wildman–Crippen LogP) is 4.15. The average Bonchev–Trinajstić information content (AvgIpc) is 2.28. The van der Waals surface area contributed by atoms with E-state index in [4.69, 9.17) is 0 Å². The van der Waals surface area contributed by atoms with Crippen molar-refractivity contribution < 1.29 is 13.6 Å². The molecular weight excluding hydrogens is 278 g/mol. The van der Waals surface area contributed by atoms with E-state index in [1.165, 1.54) is 12.1 Å². The lowest BCUT2D eigenvalue weighted by atomic mass is 9.99. The summed E-state index contributed by atoms with van der Waals surface area (Å²) in [6, 6.07) is 4.66. The van der Waals surface area contributed by atoms with E-state index in [-0.39, 0.29) is 23.3 Å². The molecule has 0 atom stereocenters. The highest BCUT2D eigenvalue weighted by Gasteiger charge is 2.17. The molecule has 0 spiro atoms. The Morgan fingerprint density at radius 3 is 2.62 bits per heavy atom. The van der Waals surface area contributed by atoms with Gasteiger partial charge < -0.3 is 0 Å². The van der Waals surface area contributed by atoms with Gasteiger partial charge in [0.1, 0.15) is 0 Å². The number of halogens is 3. The monoisotopic (exact) mass is 290 g/mol. The Hall–Kier alpha value is -0.770. The third-order valence-corrected chi connectivity index (χ3v) is 2.78. The molecule has 1 aromatic rings. The maximum atomic E-state index is 12.8. The zero-order valence-electron chi connectivity index (χ0n) is 8.97. The van der Waals surface area contributed by atoms with Gasteiger partial charge in [0, 0.05) is 22.9 Å². The maximum Gasteiger partial charge on any atom is 0.264 e. The van der Waals surface area contributed by atoms with Crippen LogP contribution in [0.15, 0.2) is 18.2 Å². The number of alkyl halides is 3. The molecule has 0 amide bonds. The number of ketones is 1. The lowest BCUT2D eigenvalue weighted by Crippen LogP contribution is -2.05. The van der Waals surface area contributed by atoms with E-state index in [0.29, 0.717) is 11.8 Å². The van der Waals surface area contributed by atoms with Crippen LogP contribution in [-0.4, -0.2) is 11.1 Å². The van der Waals surface area contributed by atoms with Crippen molar-refractivity contribution in [3.8, 4) is 0 Å². The van der Waals surface area contributed by atoms with Crippen molar-refractivity contribution in [2.75, 3.05) is 5.33 Å². The number of Topliss-reactive ketones (excluding diaryl/α,β-unsaturated/α-hetero) is 1. The molecule has 0 saturated heterocycles. The van der Waals surface area contributed by atoms with Crippen molar-refractivity contribution in [1.29, 1.82) is 0 Å². The Balaban J connectivity index is 3.12. The summed E-state index contributed by atoms with van der Waals surface area (Å²) < 4.78 is 25.6. The Kier molecular flexibility index (Phi) is 5.06. The zero-order valence-corrected chi connectivity index (χ0v) is 10.6. The number of rotatable bonds is 5. The van der Waals surface area contributed by atoms with Crippen molar-refractivity contribution >= 4 is 21.7 Å². The van der Waals surface area contributed by atoms with Gasteiger partial charge >= 0.3 is 0 Å². The quantitative estimate of drug-likeness (QED) is 0.588. The van der Waals surface area contributed by atoms with Gasteiger partial charge in [0.2, 0.25) is 0 Å². The van der Waals surface area contributed by atoms with Crippen molar-refractivity contribution in [3.05, 3.63) is 34.9 Å². The molecular formula is C12H13BrF2O. The number of carbonyl (C=O) groups is 1. The highest BCUT2D eigenvalue weighted by Crippen LogP contribution is 2.25. The molecule has 0 saturated carbocycles. The van der Waals surface area contributed by atoms with Crippen LogP contribution in [0.2, 0.25) is 0 Å². The van der Waals surface area contributed by atoms with Gasteiger partial charge in [0.05, 0.1) is 0 Å². The second-order valence-electron chi connectivity index (χ2n) is 3.44. The van der Waals surface area contributed by atoms with Crippen LogP contribution >= 0.6 is 15.9 Å². The number of carbonyl (C=O) groups excluding carboxylic acids is 1. The lowest BCUT2D eigenvalue weighted by molar-refractivity contribution is 0.0976. The van der Waals surface area contributed by atoms with Crippen LogP contribution in [0.25, 0.3) is 0 Å². The first-order valence-corrected chi connectivity index (χ1v) is 6.22. The van der Waals surface area contributed by atoms with E-state index in [1.807, 2.05) is 6.92 Å². The second kappa shape index (κ2) is 6.09. The molecule has 0 aliphatic heterocycles. The Labute approximate surface area is 102 Å². The predicted molar refractivity (Wildman–Crippen MR) is 63.5 cm³/mol. The molecule has 0 bridgehead atoms. The molecule has 1 nitrogen and oxygen atoms in total. The number of aryl methyl sites for hydroxylation is 1. The van der Waals surface area contributed by atoms with E-state index in [1.54, 1.807) is 6.07 Å².